The number of rotatable bonds is 7. The number of ketones is 1. The van der Waals surface area contributed by atoms with Crippen molar-refractivity contribution in [1.29, 1.82) is 0 Å². The predicted molar refractivity (Wildman–Crippen MR) is 94.5 cm³/mol. The monoisotopic (exact) mass is 357 g/mol. The largest absolute Gasteiger partial charge is 0.482 e. The van der Waals surface area contributed by atoms with Gasteiger partial charge in [-0.2, -0.15) is 0 Å². The standard InChI is InChI=1S/C19H19NO6/c1-12-6-13(2)8-16(7-12)25-11-19(22)26-10-18(21)15-5-4-14(3)17(9-15)20(23)24/h4-9H,10-11H2,1-3H3. The first-order valence-electron chi connectivity index (χ1n) is 7.91. The number of aryl methyl sites for hydroxylation is 3. The average Bonchev–Trinajstić information content (AvgIpc) is 2.57. The van der Waals surface area contributed by atoms with Crippen LogP contribution in [-0.2, 0) is 9.53 Å². The average molecular weight is 357 g/mol. The minimum absolute atomic E-state index is 0.116. The summed E-state index contributed by atoms with van der Waals surface area (Å²) in [6, 6.07) is 9.68. The van der Waals surface area contributed by atoms with Crippen LogP contribution in [0.2, 0.25) is 0 Å². The SMILES string of the molecule is Cc1cc(C)cc(OCC(=O)OCC(=O)c2ccc(C)c([N+](=O)[O-])c2)c1. The first-order valence-corrected chi connectivity index (χ1v) is 7.91. The zero-order valence-corrected chi connectivity index (χ0v) is 14.8. The Hall–Kier alpha value is -3.22. The molecular weight excluding hydrogens is 338 g/mol. The molecule has 0 atom stereocenters. The van der Waals surface area contributed by atoms with Gasteiger partial charge in [0, 0.05) is 17.2 Å². The summed E-state index contributed by atoms with van der Waals surface area (Å²) in [6.07, 6.45) is 0. The van der Waals surface area contributed by atoms with E-state index in [1.165, 1.54) is 18.2 Å². The van der Waals surface area contributed by atoms with Gasteiger partial charge in [0.2, 0.25) is 5.78 Å². The van der Waals surface area contributed by atoms with E-state index in [1.807, 2.05) is 19.9 Å². The van der Waals surface area contributed by atoms with Crippen molar-refractivity contribution in [2.24, 2.45) is 0 Å². The summed E-state index contributed by atoms with van der Waals surface area (Å²) in [5.74, 6) is -0.674. The van der Waals surface area contributed by atoms with Gasteiger partial charge in [-0.15, -0.1) is 0 Å². The fourth-order valence-corrected chi connectivity index (χ4v) is 2.41. The molecule has 0 aliphatic carbocycles. The number of benzene rings is 2. The maximum absolute atomic E-state index is 12.1. The lowest BCUT2D eigenvalue weighted by Gasteiger charge is -2.08. The molecule has 0 aliphatic rings. The molecular formula is C19H19NO6. The van der Waals surface area contributed by atoms with Crippen LogP contribution in [0.3, 0.4) is 0 Å². The molecule has 0 saturated heterocycles. The van der Waals surface area contributed by atoms with Gasteiger partial charge in [0.15, 0.2) is 13.2 Å². The number of esters is 1. The summed E-state index contributed by atoms with van der Waals surface area (Å²) < 4.78 is 10.2. The van der Waals surface area contributed by atoms with Crippen LogP contribution < -0.4 is 4.74 Å². The van der Waals surface area contributed by atoms with E-state index in [4.69, 9.17) is 9.47 Å². The fourth-order valence-electron chi connectivity index (χ4n) is 2.41. The van der Waals surface area contributed by atoms with Crippen molar-refractivity contribution in [3.8, 4) is 5.75 Å². The number of Topliss-reactive ketones (excluding diaryl/α,β-unsaturated/α-hetero) is 1. The van der Waals surface area contributed by atoms with Gasteiger partial charge in [-0.25, -0.2) is 4.79 Å². The minimum atomic E-state index is -0.695. The minimum Gasteiger partial charge on any atom is -0.482 e. The fraction of sp³-hybridized carbons (Fsp3) is 0.263. The molecule has 0 N–H and O–H groups in total. The highest BCUT2D eigenvalue weighted by atomic mass is 16.6. The first-order chi connectivity index (χ1) is 12.3. The summed E-state index contributed by atoms with van der Waals surface area (Å²) in [5, 5.41) is 10.9. The molecule has 0 radical (unpaired) electrons. The highest BCUT2D eigenvalue weighted by Crippen LogP contribution is 2.20. The Morgan fingerprint density at radius 1 is 1.00 bits per heavy atom. The van der Waals surface area contributed by atoms with Gasteiger partial charge in [0.25, 0.3) is 5.69 Å². The molecule has 26 heavy (non-hydrogen) atoms. The maximum Gasteiger partial charge on any atom is 0.344 e. The van der Waals surface area contributed by atoms with E-state index in [-0.39, 0.29) is 17.9 Å². The first kappa shape index (κ1) is 19.1. The van der Waals surface area contributed by atoms with Crippen LogP contribution in [0.4, 0.5) is 5.69 Å². The molecule has 0 bridgehead atoms. The highest BCUT2D eigenvalue weighted by molar-refractivity contribution is 5.98. The molecule has 0 spiro atoms. The Morgan fingerprint density at radius 2 is 1.65 bits per heavy atom. The van der Waals surface area contributed by atoms with Crippen molar-refractivity contribution in [3.05, 3.63) is 68.8 Å². The molecule has 0 unspecified atom stereocenters. The van der Waals surface area contributed by atoms with Crippen LogP contribution in [0.25, 0.3) is 0 Å². The van der Waals surface area contributed by atoms with E-state index in [1.54, 1.807) is 19.1 Å². The van der Waals surface area contributed by atoms with E-state index in [9.17, 15) is 19.7 Å². The molecule has 0 amide bonds. The summed E-state index contributed by atoms with van der Waals surface area (Å²) in [7, 11) is 0. The molecule has 0 saturated carbocycles. The van der Waals surface area contributed by atoms with E-state index in [2.05, 4.69) is 0 Å². The lowest BCUT2D eigenvalue weighted by molar-refractivity contribution is -0.385. The second-order valence-electron chi connectivity index (χ2n) is 5.95. The van der Waals surface area contributed by atoms with Crippen molar-refractivity contribution in [2.45, 2.75) is 20.8 Å². The molecule has 0 heterocycles. The normalized spacial score (nSPS) is 10.3. The number of nitro groups is 1. The number of nitrogens with zero attached hydrogens (tertiary/aromatic N) is 1. The molecule has 0 aliphatic heterocycles. The lowest BCUT2D eigenvalue weighted by atomic mass is 10.1. The second-order valence-corrected chi connectivity index (χ2v) is 5.95. The van der Waals surface area contributed by atoms with Gasteiger partial charge >= 0.3 is 5.97 Å². The van der Waals surface area contributed by atoms with Gasteiger partial charge in [0.05, 0.1) is 4.92 Å². The molecule has 2 rings (SSSR count). The molecule has 136 valence electrons. The zero-order valence-electron chi connectivity index (χ0n) is 14.8. The van der Waals surface area contributed by atoms with Crippen molar-refractivity contribution < 1.29 is 24.0 Å². The summed E-state index contributed by atoms with van der Waals surface area (Å²) in [4.78, 5) is 34.2. The van der Waals surface area contributed by atoms with Gasteiger partial charge in [0.1, 0.15) is 5.75 Å². The van der Waals surface area contributed by atoms with Gasteiger partial charge in [-0.05, 0) is 44.0 Å². The Balaban J connectivity index is 1.89. The topological polar surface area (TPSA) is 95.7 Å². The molecule has 0 fully saturated rings. The van der Waals surface area contributed by atoms with Crippen LogP contribution in [0.5, 0.6) is 5.75 Å². The third-order valence-electron chi connectivity index (χ3n) is 3.64. The zero-order chi connectivity index (χ0) is 19.3. The van der Waals surface area contributed by atoms with Crippen LogP contribution >= 0.6 is 0 Å². The lowest BCUT2D eigenvalue weighted by Crippen LogP contribution is -2.19. The van der Waals surface area contributed by atoms with E-state index >= 15 is 0 Å². The van der Waals surface area contributed by atoms with Crippen LogP contribution in [0.15, 0.2) is 36.4 Å². The summed E-state index contributed by atoms with van der Waals surface area (Å²) in [6.45, 7) is 4.57. The second kappa shape index (κ2) is 8.24. The highest BCUT2D eigenvalue weighted by Gasteiger charge is 2.16. The van der Waals surface area contributed by atoms with E-state index in [0.29, 0.717) is 11.3 Å². The van der Waals surface area contributed by atoms with Crippen LogP contribution in [0, 0.1) is 30.9 Å². The Labute approximate surface area is 150 Å². The number of ether oxygens (including phenoxy) is 2. The molecule has 7 heteroatoms. The van der Waals surface area contributed by atoms with Crippen LogP contribution in [0.1, 0.15) is 27.0 Å². The number of nitro benzene ring substituents is 1. The van der Waals surface area contributed by atoms with Gasteiger partial charge in [-0.3, -0.25) is 14.9 Å². The van der Waals surface area contributed by atoms with Crippen LogP contribution in [-0.4, -0.2) is 29.9 Å². The Kier molecular flexibility index (Phi) is 6.06. The third-order valence-corrected chi connectivity index (χ3v) is 3.64. The van der Waals surface area contributed by atoms with Crippen molar-refractivity contribution in [3.63, 3.8) is 0 Å². The van der Waals surface area contributed by atoms with E-state index < -0.39 is 23.3 Å². The predicted octanol–water partition coefficient (Wildman–Crippen LogP) is 3.32. The van der Waals surface area contributed by atoms with Gasteiger partial charge < -0.3 is 9.47 Å². The smallest absolute Gasteiger partial charge is 0.344 e. The van der Waals surface area contributed by atoms with Crippen molar-refractivity contribution in [2.75, 3.05) is 13.2 Å². The molecule has 2 aromatic rings. The molecule has 2 aromatic carbocycles. The third kappa shape index (κ3) is 5.14. The van der Waals surface area contributed by atoms with Crippen molar-refractivity contribution >= 4 is 17.4 Å². The van der Waals surface area contributed by atoms with Crippen molar-refractivity contribution in [1.82, 2.24) is 0 Å². The Bertz CT molecular complexity index is 839. The van der Waals surface area contributed by atoms with Gasteiger partial charge in [-0.1, -0.05) is 18.2 Å². The maximum atomic E-state index is 12.1. The summed E-state index contributed by atoms with van der Waals surface area (Å²) >= 11 is 0. The number of carbonyl (C=O) groups excluding carboxylic acids is 2. The molecule has 7 nitrogen and oxygen atoms in total. The quantitative estimate of drug-likeness (QED) is 0.326. The Morgan fingerprint density at radius 3 is 2.27 bits per heavy atom. The number of hydrogen-bond donors (Lipinski definition) is 0. The number of carbonyl (C=O) groups is 2. The summed E-state index contributed by atoms with van der Waals surface area (Å²) in [5.41, 5.74) is 2.42. The molecule has 0 aromatic heterocycles. The van der Waals surface area contributed by atoms with E-state index in [0.717, 1.165) is 11.1 Å². The number of hydrogen-bond acceptors (Lipinski definition) is 6.